The number of nitrogens with one attached hydrogen (secondary N) is 2. The molecule has 5 atom stereocenters. The van der Waals surface area contributed by atoms with Gasteiger partial charge in [0.25, 0.3) is 0 Å². The van der Waals surface area contributed by atoms with Crippen LogP contribution in [0.4, 0.5) is 0 Å². The van der Waals surface area contributed by atoms with Gasteiger partial charge in [-0.1, -0.05) is 86.6 Å². The van der Waals surface area contributed by atoms with Crippen LogP contribution in [0.25, 0.3) is 10.8 Å². The minimum atomic E-state index is -0.470. The number of hydrogen-bond donors (Lipinski definition) is 2. The first-order valence-corrected chi connectivity index (χ1v) is 13.8. The van der Waals surface area contributed by atoms with E-state index in [1.807, 2.05) is 0 Å². The molecule has 0 radical (unpaired) electrons. The summed E-state index contributed by atoms with van der Waals surface area (Å²) in [5, 5.41) is 9.80. The van der Waals surface area contributed by atoms with E-state index in [-0.39, 0.29) is 11.9 Å². The Hall–Kier alpha value is -2.69. The number of rotatable bonds is 8. The van der Waals surface area contributed by atoms with E-state index >= 15 is 0 Å². The molecule has 3 aromatic carbocycles. The molecule has 188 valence electrons. The summed E-state index contributed by atoms with van der Waals surface area (Å²) in [5.74, 6) is 2.36. The van der Waals surface area contributed by atoms with Gasteiger partial charge in [0.1, 0.15) is 5.54 Å². The summed E-state index contributed by atoms with van der Waals surface area (Å²) in [6, 6.07) is 26.2. The minimum absolute atomic E-state index is 0.222. The zero-order valence-corrected chi connectivity index (χ0v) is 21.6. The molecule has 0 spiro atoms. The Bertz CT molecular complexity index is 1220. The molecule has 4 bridgehead atoms. The van der Waals surface area contributed by atoms with Crippen molar-refractivity contribution in [1.82, 2.24) is 15.5 Å². The third-order valence-corrected chi connectivity index (χ3v) is 9.06. The van der Waals surface area contributed by atoms with E-state index in [1.54, 1.807) is 0 Å². The van der Waals surface area contributed by atoms with E-state index in [9.17, 15) is 4.79 Å². The van der Waals surface area contributed by atoms with Gasteiger partial charge in [-0.2, -0.15) is 0 Å². The first-order chi connectivity index (χ1) is 17.6. The number of carbonyl (C=O) groups is 1. The topological polar surface area (TPSA) is 44.4 Å². The Morgan fingerprint density at radius 1 is 1.06 bits per heavy atom. The van der Waals surface area contributed by atoms with Crippen LogP contribution < -0.4 is 10.6 Å². The average Bonchev–Trinajstić information content (AvgIpc) is 3.14. The monoisotopic (exact) mass is 481 g/mol. The number of fused-ring (bicyclic) bond motifs is 2. The highest BCUT2D eigenvalue weighted by atomic mass is 16.2. The maximum absolute atomic E-state index is 14.1. The van der Waals surface area contributed by atoms with Crippen LogP contribution in [0, 0.1) is 23.7 Å². The van der Waals surface area contributed by atoms with Crippen LogP contribution >= 0.6 is 0 Å². The molecule has 3 heterocycles. The van der Waals surface area contributed by atoms with Crippen molar-refractivity contribution in [3.05, 3.63) is 83.9 Å². The number of amides is 1. The second-order valence-electron chi connectivity index (χ2n) is 11.7. The highest BCUT2D eigenvalue weighted by Gasteiger charge is 2.67. The summed E-state index contributed by atoms with van der Waals surface area (Å²) < 4.78 is 0. The molecule has 0 aromatic heterocycles. The molecular weight excluding hydrogens is 442 g/mol. The highest BCUT2D eigenvalue weighted by molar-refractivity contribution is 5.89. The van der Waals surface area contributed by atoms with Crippen LogP contribution in [-0.4, -0.2) is 48.6 Å². The molecule has 3 aromatic rings. The van der Waals surface area contributed by atoms with Crippen LogP contribution in [0.15, 0.2) is 72.8 Å². The Kier molecular flexibility index (Phi) is 6.35. The van der Waals surface area contributed by atoms with Crippen molar-refractivity contribution in [2.75, 3.05) is 26.2 Å². The van der Waals surface area contributed by atoms with Crippen molar-refractivity contribution in [3.63, 3.8) is 0 Å². The Labute approximate surface area is 215 Å². The first kappa shape index (κ1) is 23.7. The zero-order chi connectivity index (χ0) is 24.7. The van der Waals surface area contributed by atoms with Crippen molar-refractivity contribution < 1.29 is 4.79 Å². The zero-order valence-electron chi connectivity index (χ0n) is 21.6. The van der Waals surface area contributed by atoms with E-state index in [0.717, 1.165) is 38.9 Å². The van der Waals surface area contributed by atoms with E-state index in [0.29, 0.717) is 30.2 Å². The molecule has 4 fully saturated rings. The van der Waals surface area contributed by atoms with Gasteiger partial charge in [-0.3, -0.25) is 9.69 Å². The normalized spacial score (nSPS) is 29.2. The molecule has 2 N–H and O–H groups in total. The average molecular weight is 482 g/mol. The lowest BCUT2D eigenvalue weighted by molar-refractivity contribution is -0.138. The fourth-order valence-electron chi connectivity index (χ4n) is 7.71. The molecule has 4 nitrogen and oxygen atoms in total. The lowest BCUT2D eigenvalue weighted by Crippen LogP contribution is -2.76. The number of nitrogens with zero attached hydrogens (tertiary/aromatic N) is 1. The second kappa shape index (κ2) is 9.64. The van der Waals surface area contributed by atoms with Gasteiger partial charge in [0.2, 0.25) is 5.91 Å². The molecule has 4 heteroatoms. The molecule has 36 heavy (non-hydrogen) atoms. The van der Waals surface area contributed by atoms with E-state index in [1.165, 1.54) is 21.9 Å². The van der Waals surface area contributed by atoms with E-state index < -0.39 is 5.54 Å². The molecular formula is C32H39N3O. The van der Waals surface area contributed by atoms with Gasteiger partial charge >= 0.3 is 0 Å². The number of hydrogen-bond acceptors (Lipinski definition) is 3. The van der Waals surface area contributed by atoms with Crippen molar-refractivity contribution in [1.29, 1.82) is 0 Å². The molecule has 7 rings (SSSR count). The molecule has 1 amide bonds. The first-order valence-electron chi connectivity index (χ1n) is 13.8. The molecule has 5 unspecified atom stereocenters. The maximum Gasteiger partial charge on any atom is 0.242 e. The van der Waals surface area contributed by atoms with Gasteiger partial charge in [-0.15, -0.1) is 0 Å². The lowest BCUT2D eigenvalue weighted by Gasteiger charge is -2.56. The Balaban J connectivity index is 1.24. The summed E-state index contributed by atoms with van der Waals surface area (Å²) in [6.07, 6.45) is 3.07. The van der Waals surface area contributed by atoms with Crippen LogP contribution in [0.2, 0.25) is 0 Å². The quantitative estimate of drug-likeness (QED) is 0.491. The van der Waals surface area contributed by atoms with Crippen molar-refractivity contribution >= 4 is 16.7 Å². The minimum Gasteiger partial charge on any atom is -0.354 e. The summed E-state index contributed by atoms with van der Waals surface area (Å²) in [7, 11) is 0. The molecule has 4 aliphatic rings. The van der Waals surface area contributed by atoms with Crippen LogP contribution in [0.3, 0.4) is 0 Å². The number of benzene rings is 3. The number of likely N-dealkylation sites (tertiary alicyclic amines) is 1. The molecule has 3 aliphatic heterocycles. The maximum atomic E-state index is 14.1. The lowest BCUT2D eigenvalue weighted by atomic mass is 9.58. The van der Waals surface area contributed by atoms with Crippen LogP contribution in [0.1, 0.15) is 31.4 Å². The molecule has 3 saturated heterocycles. The van der Waals surface area contributed by atoms with E-state index in [2.05, 4.69) is 102 Å². The fraction of sp³-hybridized carbons (Fsp3) is 0.469. The van der Waals surface area contributed by atoms with Gasteiger partial charge in [0.05, 0.1) is 0 Å². The summed E-state index contributed by atoms with van der Waals surface area (Å²) in [6.45, 7) is 8.33. The third kappa shape index (κ3) is 4.05. The summed E-state index contributed by atoms with van der Waals surface area (Å²) >= 11 is 0. The SMILES string of the molecule is CC(C)CN1CC2CC3CNC2(C(=O)NCCc2cccc4ccccc24)C1C3Cc1ccccc1. The van der Waals surface area contributed by atoms with Crippen molar-refractivity contribution in [2.24, 2.45) is 23.7 Å². The van der Waals surface area contributed by atoms with E-state index in [4.69, 9.17) is 0 Å². The highest BCUT2D eigenvalue weighted by Crippen LogP contribution is 2.53. The standard InChI is InChI=1S/C32H39N3O/c1-22(2)20-35-21-27-18-26-19-34-32(27,30(35)29(26)17-23-9-4-3-5-10-23)31(36)33-16-15-25-13-8-12-24-11-6-7-14-28(24)25/h3-14,22,26-27,29-30,34H,15-21H2,1-2H3,(H,33,36). The van der Waals surface area contributed by atoms with Gasteiger partial charge in [0.15, 0.2) is 0 Å². The van der Waals surface area contributed by atoms with Crippen molar-refractivity contribution in [3.8, 4) is 0 Å². The summed E-state index contributed by atoms with van der Waals surface area (Å²) in [4.78, 5) is 16.8. The Morgan fingerprint density at radius 2 is 1.83 bits per heavy atom. The Morgan fingerprint density at radius 3 is 2.67 bits per heavy atom. The predicted molar refractivity (Wildman–Crippen MR) is 147 cm³/mol. The third-order valence-electron chi connectivity index (χ3n) is 9.06. The second-order valence-corrected chi connectivity index (χ2v) is 11.7. The van der Waals surface area contributed by atoms with Gasteiger partial charge < -0.3 is 10.6 Å². The smallest absolute Gasteiger partial charge is 0.242 e. The van der Waals surface area contributed by atoms with Crippen molar-refractivity contribution in [2.45, 2.75) is 44.7 Å². The van der Waals surface area contributed by atoms with Crippen LogP contribution in [0.5, 0.6) is 0 Å². The molecule has 1 saturated carbocycles. The predicted octanol–water partition coefficient (Wildman–Crippen LogP) is 4.68. The summed E-state index contributed by atoms with van der Waals surface area (Å²) in [5.41, 5.74) is 2.23. The van der Waals surface area contributed by atoms with Gasteiger partial charge in [-0.05, 0) is 65.5 Å². The van der Waals surface area contributed by atoms with Gasteiger partial charge in [-0.25, -0.2) is 0 Å². The largest absolute Gasteiger partial charge is 0.354 e. The number of carbonyl (C=O) groups excluding carboxylic acids is 1. The fourth-order valence-corrected chi connectivity index (χ4v) is 7.71. The molecule has 1 aliphatic carbocycles. The van der Waals surface area contributed by atoms with Gasteiger partial charge in [0, 0.05) is 31.6 Å². The van der Waals surface area contributed by atoms with Crippen LogP contribution in [-0.2, 0) is 17.6 Å². The number of piperidine rings is 2.